The number of aliphatic hydroxyl groups is 1. The Kier molecular flexibility index (Phi) is 53.9. The van der Waals surface area contributed by atoms with E-state index >= 15 is 0 Å². The van der Waals surface area contributed by atoms with Gasteiger partial charge in [0.1, 0.15) is 19.3 Å². The topological polar surface area (TPSA) is 237 Å². The van der Waals surface area contributed by atoms with E-state index in [1.54, 1.807) is 0 Å². The van der Waals surface area contributed by atoms with Crippen molar-refractivity contribution in [2.24, 2.45) is 23.7 Å². The van der Waals surface area contributed by atoms with E-state index in [4.69, 9.17) is 37.0 Å². The lowest BCUT2D eigenvalue weighted by Gasteiger charge is -2.21. The lowest BCUT2D eigenvalue weighted by molar-refractivity contribution is -0.161. The minimum atomic E-state index is -4.95. The molecule has 3 N–H and O–H groups in total. The van der Waals surface area contributed by atoms with Crippen LogP contribution in [-0.2, 0) is 65.4 Å². The van der Waals surface area contributed by atoms with Gasteiger partial charge in [-0.25, -0.2) is 9.13 Å². The van der Waals surface area contributed by atoms with Crippen LogP contribution in [0.3, 0.4) is 0 Å². The maximum atomic E-state index is 13.0. The van der Waals surface area contributed by atoms with Gasteiger partial charge in [-0.05, 0) is 49.4 Å². The molecule has 0 aromatic rings. The Labute approximate surface area is 511 Å². The van der Waals surface area contributed by atoms with Crippen LogP contribution in [0.4, 0.5) is 0 Å². The fourth-order valence-electron chi connectivity index (χ4n) is 9.57. The normalized spacial score (nSPS) is 14.7. The van der Waals surface area contributed by atoms with Crippen LogP contribution in [0.2, 0.25) is 0 Å². The number of rotatable bonds is 62. The monoisotopic (exact) mass is 1240 g/mol. The minimum Gasteiger partial charge on any atom is -0.462 e. The SMILES string of the molecule is CCC(C)CCCCCCCCC(=O)OC[C@H](COP(=O)(O)OC[C@H](O)COP(=O)(O)OC[C@@H](COC(=O)CCCCCCCCCCCCC(C)C)OC(=O)CCCCCCCCCCC(C)C)OC(=O)CCCCCCCCCC(C)C. The van der Waals surface area contributed by atoms with Gasteiger partial charge in [0.05, 0.1) is 26.4 Å². The average Bonchev–Trinajstić information content (AvgIpc) is 3.56. The van der Waals surface area contributed by atoms with Crippen LogP contribution >= 0.6 is 15.6 Å². The Morgan fingerprint density at radius 1 is 0.333 bits per heavy atom. The summed E-state index contributed by atoms with van der Waals surface area (Å²) in [7, 11) is -9.89. The Hall–Kier alpha value is -1.94. The van der Waals surface area contributed by atoms with Crippen molar-refractivity contribution in [3.63, 3.8) is 0 Å². The number of unbranched alkanes of at least 4 members (excludes halogenated alkanes) is 27. The highest BCUT2D eigenvalue weighted by Crippen LogP contribution is 2.45. The Morgan fingerprint density at radius 3 is 0.845 bits per heavy atom. The molecular formula is C65H126O17P2. The second-order valence-electron chi connectivity index (χ2n) is 25.2. The highest BCUT2D eigenvalue weighted by Gasteiger charge is 2.30. The van der Waals surface area contributed by atoms with E-state index < -0.39 is 97.5 Å². The standard InChI is InChI=1S/C65H126O17P2/c1-9-58(8)44-36-28-23-24-30-38-46-63(68)76-52-61(82-65(70)48-40-32-22-16-19-27-35-43-57(6)7)54-80-84(73,74)78-50-59(66)49-77-83(71,72)79-53-60(81-64(69)47-39-31-21-15-14-18-26-34-42-56(4)5)51-75-62(67)45-37-29-20-13-11-10-12-17-25-33-41-55(2)3/h55-61,66H,9-54H2,1-8H3,(H,71,72)(H,73,74)/t58?,59-,60-,61-/m1/s1. The van der Waals surface area contributed by atoms with Crippen molar-refractivity contribution in [1.29, 1.82) is 0 Å². The van der Waals surface area contributed by atoms with E-state index in [1.807, 2.05) is 0 Å². The van der Waals surface area contributed by atoms with Gasteiger partial charge in [0, 0.05) is 25.7 Å². The molecule has 498 valence electrons. The third-order valence-electron chi connectivity index (χ3n) is 15.2. The number of hydrogen-bond donors (Lipinski definition) is 3. The molecule has 0 aromatic heterocycles. The van der Waals surface area contributed by atoms with Crippen molar-refractivity contribution >= 4 is 39.5 Å². The zero-order valence-electron chi connectivity index (χ0n) is 54.5. The summed E-state index contributed by atoms with van der Waals surface area (Å²) in [6.07, 6.45) is 35.0. The maximum Gasteiger partial charge on any atom is 0.472 e. The lowest BCUT2D eigenvalue weighted by atomic mass is 10.00. The number of esters is 4. The summed E-state index contributed by atoms with van der Waals surface area (Å²) < 4.78 is 68.0. The molecule has 0 rings (SSSR count). The third kappa shape index (κ3) is 57.8. The van der Waals surface area contributed by atoms with Gasteiger partial charge in [-0.3, -0.25) is 37.3 Å². The molecule has 0 heterocycles. The van der Waals surface area contributed by atoms with Gasteiger partial charge in [0.15, 0.2) is 12.2 Å². The van der Waals surface area contributed by atoms with Crippen molar-refractivity contribution in [2.45, 2.75) is 331 Å². The van der Waals surface area contributed by atoms with E-state index in [2.05, 4.69) is 55.4 Å². The predicted octanol–water partition coefficient (Wildman–Crippen LogP) is 17.8. The molecule has 0 saturated carbocycles. The molecule has 19 heteroatoms. The lowest BCUT2D eigenvalue weighted by Crippen LogP contribution is -2.30. The molecule has 0 aliphatic rings. The first kappa shape index (κ1) is 82.1. The second kappa shape index (κ2) is 55.2. The Bertz CT molecular complexity index is 1680. The van der Waals surface area contributed by atoms with Crippen molar-refractivity contribution in [3.05, 3.63) is 0 Å². The van der Waals surface area contributed by atoms with Crippen LogP contribution in [0, 0.1) is 23.7 Å². The first-order chi connectivity index (χ1) is 40.1. The number of phosphoric ester groups is 2. The summed E-state index contributed by atoms with van der Waals surface area (Å²) in [6.45, 7) is 13.9. The highest BCUT2D eigenvalue weighted by atomic mass is 31.2. The number of hydrogen-bond acceptors (Lipinski definition) is 15. The van der Waals surface area contributed by atoms with Gasteiger partial charge in [0.25, 0.3) is 0 Å². The largest absolute Gasteiger partial charge is 0.472 e. The molecule has 0 aliphatic heterocycles. The molecule has 0 bridgehead atoms. The van der Waals surface area contributed by atoms with Gasteiger partial charge in [0.2, 0.25) is 0 Å². The van der Waals surface area contributed by atoms with E-state index in [-0.39, 0.29) is 25.7 Å². The predicted molar refractivity (Wildman–Crippen MR) is 335 cm³/mol. The van der Waals surface area contributed by atoms with Crippen LogP contribution < -0.4 is 0 Å². The zero-order valence-corrected chi connectivity index (χ0v) is 56.3. The van der Waals surface area contributed by atoms with Crippen LogP contribution in [0.1, 0.15) is 312 Å². The third-order valence-corrected chi connectivity index (χ3v) is 17.1. The van der Waals surface area contributed by atoms with Crippen molar-refractivity contribution < 1.29 is 80.2 Å². The number of ether oxygens (including phenoxy) is 4. The molecule has 3 unspecified atom stereocenters. The molecule has 0 fully saturated rings. The van der Waals surface area contributed by atoms with E-state index in [9.17, 15) is 43.2 Å². The molecule has 6 atom stereocenters. The van der Waals surface area contributed by atoms with Crippen LogP contribution in [0.15, 0.2) is 0 Å². The van der Waals surface area contributed by atoms with Crippen molar-refractivity contribution in [2.75, 3.05) is 39.6 Å². The summed E-state index contributed by atoms with van der Waals surface area (Å²) in [4.78, 5) is 72.2. The zero-order chi connectivity index (χ0) is 62.5. The van der Waals surface area contributed by atoms with Gasteiger partial charge < -0.3 is 33.8 Å². The average molecular weight is 1240 g/mol. The van der Waals surface area contributed by atoms with E-state index in [0.29, 0.717) is 31.6 Å². The molecular weight excluding hydrogens is 1110 g/mol. The molecule has 0 aromatic carbocycles. The number of phosphoric acid groups is 2. The molecule has 0 aliphatic carbocycles. The fourth-order valence-corrected chi connectivity index (χ4v) is 11.2. The Morgan fingerprint density at radius 2 is 0.571 bits per heavy atom. The highest BCUT2D eigenvalue weighted by molar-refractivity contribution is 7.47. The first-order valence-electron chi connectivity index (χ1n) is 33.7. The van der Waals surface area contributed by atoms with Gasteiger partial charge >= 0.3 is 39.5 Å². The smallest absolute Gasteiger partial charge is 0.462 e. The summed E-state index contributed by atoms with van der Waals surface area (Å²) in [5, 5.41) is 10.5. The van der Waals surface area contributed by atoms with E-state index in [0.717, 1.165) is 114 Å². The molecule has 0 spiro atoms. The number of aliphatic hydroxyl groups excluding tert-OH is 1. The fraction of sp³-hybridized carbons (Fsp3) is 0.938. The van der Waals surface area contributed by atoms with Gasteiger partial charge in [-0.1, -0.05) is 261 Å². The number of carbonyl (C=O) groups is 4. The first-order valence-corrected chi connectivity index (χ1v) is 36.7. The molecule has 0 saturated heterocycles. The van der Waals surface area contributed by atoms with Crippen LogP contribution in [-0.4, -0.2) is 96.7 Å². The molecule has 84 heavy (non-hydrogen) atoms. The Balaban J connectivity index is 5.25. The minimum absolute atomic E-state index is 0.102. The maximum absolute atomic E-state index is 13.0. The van der Waals surface area contributed by atoms with Gasteiger partial charge in [-0.15, -0.1) is 0 Å². The summed E-state index contributed by atoms with van der Waals surface area (Å²) >= 11 is 0. The summed E-state index contributed by atoms with van der Waals surface area (Å²) in [6, 6.07) is 0. The van der Waals surface area contributed by atoms with Gasteiger partial charge in [-0.2, -0.15) is 0 Å². The summed E-state index contributed by atoms with van der Waals surface area (Å²) in [5.74, 6) is 0.763. The quantitative estimate of drug-likeness (QED) is 0.0222. The van der Waals surface area contributed by atoms with Crippen LogP contribution in [0.5, 0.6) is 0 Å². The number of carbonyl (C=O) groups excluding carboxylic acids is 4. The summed E-state index contributed by atoms with van der Waals surface area (Å²) in [5.41, 5.74) is 0. The molecule has 0 radical (unpaired) electrons. The van der Waals surface area contributed by atoms with Crippen molar-refractivity contribution in [1.82, 2.24) is 0 Å². The van der Waals surface area contributed by atoms with E-state index in [1.165, 1.54) is 109 Å². The molecule has 17 nitrogen and oxygen atoms in total. The van der Waals surface area contributed by atoms with Crippen LogP contribution in [0.25, 0.3) is 0 Å². The second-order valence-corrected chi connectivity index (χ2v) is 28.1. The van der Waals surface area contributed by atoms with Crippen molar-refractivity contribution in [3.8, 4) is 0 Å². The molecule has 0 amide bonds.